The van der Waals surface area contributed by atoms with Crippen molar-refractivity contribution in [3.63, 3.8) is 0 Å². The van der Waals surface area contributed by atoms with Crippen LogP contribution in [-0.4, -0.2) is 50.6 Å². The van der Waals surface area contributed by atoms with Crippen molar-refractivity contribution in [1.29, 1.82) is 0 Å². The predicted octanol–water partition coefficient (Wildman–Crippen LogP) is 8.01. The first-order chi connectivity index (χ1) is 15.7. The van der Waals surface area contributed by atoms with Crippen LogP contribution in [0.3, 0.4) is 0 Å². The summed E-state index contributed by atoms with van der Waals surface area (Å²) in [5.74, 6) is -0.269. The lowest BCUT2D eigenvalue weighted by Gasteiger charge is -2.45. The maximum Gasteiger partial charge on any atom is 0.191 e. The normalized spacial score (nSPS) is 25.6. The summed E-state index contributed by atoms with van der Waals surface area (Å²) in [5.41, 5.74) is 1.29. The number of alkyl halides is 1. The zero-order valence-corrected chi connectivity index (χ0v) is 26.3. The third-order valence-corrected chi connectivity index (χ3v) is 11.9. The Hall–Kier alpha value is -0.253. The maximum absolute atomic E-state index is 6.27. The molecule has 1 aliphatic rings. The largest absolute Gasteiger partial charge is 0.417 e. The van der Waals surface area contributed by atoms with Gasteiger partial charge in [0.2, 0.25) is 0 Å². The third kappa shape index (κ3) is 10.8. The average molecular weight is 605 g/mol. The molecule has 1 heterocycles. The van der Waals surface area contributed by atoms with Crippen LogP contribution >= 0.6 is 22.6 Å². The van der Waals surface area contributed by atoms with Crippen molar-refractivity contribution < 1.29 is 18.6 Å². The minimum Gasteiger partial charge on any atom is -0.417 e. The molecule has 0 amide bonds. The van der Waals surface area contributed by atoms with Crippen LogP contribution in [0.1, 0.15) is 61.3 Å². The molecule has 0 unspecified atom stereocenters. The van der Waals surface area contributed by atoms with Crippen LogP contribution in [0.15, 0.2) is 48.1 Å². The predicted molar refractivity (Wildman–Crippen MR) is 156 cm³/mol. The van der Waals surface area contributed by atoms with E-state index >= 15 is 0 Å². The summed E-state index contributed by atoms with van der Waals surface area (Å²) < 4.78 is 25.3. The molecule has 4 atom stereocenters. The van der Waals surface area contributed by atoms with Crippen LogP contribution in [0.25, 0.3) is 0 Å². The highest BCUT2D eigenvalue weighted by Gasteiger charge is 2.41. The molecular weight excluding hydrogens is 555 g/mol. The topological polar surface area (TPSA) is 36.9 Å². The van der Waals surface area contributed by atoms with Gasteiger partial charge in [-0.2, -0.15) is 0 Å². The number of ether oxygens (including phenoxy) is 3. The highest BCUT2D eigenvalue weighted by Crippen LogP contribution is 2.37. The molecule has 1 aliphatic heterocycles. The summed E-state index contributed by atoms with van der Waals surface area (Å²) in [5, 5.41) is 0.232. The number of hydrogen-bond donors (Lipinski definition) is 0. The first kappa shape index (κ1) is 31.8. The van der Waals surface area contributed by atoms with Crippen LogP contribution in [0.5, 0.6) is 0 Å². The van der Waals surface area contributed by atoms with Gasteiger partial charge in [-0.3, -0.25) is 0 Å². The smallest absolute Gasteiger partial charge is 0.191 e. The molecule has 4 nitrogen and oxygen atoms in total. The van der Waals surface area contributed by atoms with Crippen LogP contribution < -0.4 is 0 Å². The second-order valence-corrected chi connectivity index (χ2v) is 16.9. The second kappa shape index (κ2) is 14.5. The molecule has 0 aromatic carbocycles. The van der Waals surface area contributed by atoms with E-state index in [2.05, 4.69) is 107 Å². The average Bonchev–Trinajstić information content (AvgIpc) is 2.72. The summed E-state index contributed by atoms with van der Waals surface area (Å²) in [7, 11) is 0.0502. The van der Waals surface area contributed by atoms with Crippen molar-refractivity contribution in [1.82, 2.24) is 0 Å². The number of halogens is 1. The van der Waals surface area contributed by atoms with E-state index in [0.29, 0.717) is 5.92 Å². The molecule has 0 radical (unpaired) electrons. The molecule has 0 bridgehead atoms. The zero-order chi connectivity index (χ0) is 26.0. The van der Waals surface area contributed by atoms with Crippen molar-refractivity contribution in [2.24, 2.45) is 5.92 Å². The van der Waals surface area contributed by atoms with Crippen LogP contribution in [0.4, 0.5) is 0 Å². The van der Waals surface area contributed by atoms with E-state index in [1.807, 2.05) is 19.9 Å². The second-order valence-electron chi connectivity index (χ2n) is 11.2. The fraction of sp³-hybridized carbons (Fsp3) is 0.714. The Kier molecular flexibility index (Phi) is 13.5. The lowest BCUT2D eigenvalue weighted by molar-refractivity contribution is -0.310. The molecule has 0 saturated carbocycles. The summed E-state index contributed by atoms with van der Waals surface area (Å²) in [6.07, 6.45) is 16.8. The summed E-state index contributed by atoms with van der Waals surface area (Å²) in [4.78, 5) is 0. The summed E-state index contributed by atoms with van der Waals surface area (Å²) >= 11 is 2.38. The third-order valence-electron chi connectivity index (χ3n) is 6.90. The quantitative estimate of drug-likeness (QED) is 0.0744. The Morgan fingerprint density at radius 1 is 1.12 bits per heavy atom. The lowest BCUT2D eigenvalue weighted by Crippen LogP contribution is -2.50. The lowest BCUT2D eigenvalue weighted by atomic mass is 9.89. The molecule has 0 aromatic rings. The van der Waals surface area contributed by atoms with Gasteiger partial charge >= 0.3 is 0 Å². The van der Waals surface area contributed by atoms with Gasteiger partial charge in [-0.15, -0.1) is 0 Å². The highest BCUT2D eigenvalue weighted by atomic mass is 127. The monoisotopic (exact) mass is 604 g/mol. The van der Waals surface area contributed by atoms with Crippen molar-refractivity contribution in [2.75, 3.05) is 18.1 Å². The van der Waals surface area contributed by atoms with Gasteiger partial charge in [0.15, 0.2) is 14.1 Å². The van der Waals surface area contributed by atoms with E-state index in [1.165, 1.54) is 5.57 Å². The molecule has 1 rings (SSSR count). The standard InChI is InChI=1S/C28H49IO4Si/c1-22(18-20-29)26-23(2)25(32-28(6,7)33-26)17-15-13-11-12-14-16-24(30-8)19-21-31-34(9,10)27(3,4)5/h11-16,18,23-26H,17,19-21H2,1-10H3/b12-11+,15-13+,16-14+,22-18-/t23-,24-,25-,26-/m0/s1. The zero-order valence-electron chi connectivity index (χ0n) is 23.2. The molecule has 1 fully saturated rings. The van der Waals surface area contributed by atoms with Gasteiger partial charge in [0, 0.05) is 24.1 Å². The van der Waals surface area contributed by atoms with Gasteiger partial charge in [0.05, 0.1) is 18.3 Å². The van der Waals surface area contributed by atoms with Gasteiger partial charge in [-0.1, -0.05) is 92.8 Å². The number of allylic oxidation sites excluding steroid dienone is 5. The molecule has 1 saturated heterocycles. The molecular formula is C28H49IO4Si. The fourth-order valence-corrected chi connectivity index (χ4v) is 5.42. The van der Waals surface area contributed by atoms with Gasteiger partial charge in [0.25, 0.3) is 0 Å². The first-order valence-electron chi connectivity index (χ1n) is 12.5. The SMILES string of the molecule is CO[C@@H](/C=C/C=C/C=C/C[C@@H]1OC(C)(C)O[C@@H](/C(C)=C\CI)[C@H]1C)CCO[Si](C)(C)C(C)(C)C. The highest BCUT2D eigenvalue weighted by molar-refractivity contribution is 14.1. The number of methoxy groups -OCH3 is 1. The van der Waals surface area contributed by atoms with Gasteiger partial charge in [-0.05, 0) is 57.3 Å². The van der Waals surface area contributed by atoms with Crippen molar-refractivity contribution in [3.8, 4) is 0 Å². The molecule has 0 aromatic heterocycles. The minimum absolute atomic E-state index is 0.0629. The van der Waals surface area contributed by atoms with Crippen molar-refractivity contribution in [2.45, 2.75) is 104 Å². The summed E-state index contributed by atoms with van der Waals surface area (Å²) in [6.45, 7) is 20.5. The molecule has 0 aliphatic carbocycles. The molecule has 0 spiro atoms. The summed E-state index contributed by atoms with van der Waals surface area (Å²) in [6, 6.07) is 0. The van der Waals surface area contributed by atoms with Crippen LogP contribution in [0.2, 0.25) is 18.1 Å². The van der Waals surface area contributed by atoms with Gasteiger partial charge < -0.3 is 18.6 Å². The Bertz CT molecular complexity index is 718. The fourth-order valence-electron chi connectivity index (χ4n) is 3.66. The van der Waals surface area contributed by atoms with E-state index in [4.69, 9.17) is 18.6 Å². The van der Waals surface area contributed by atoms with Crippen LogP contribution in [0, 0.1) is 5.92 Å². The van der Waals surface area contributed by atoms with E-state index in [9.17, 15) is 0 Å². The van der Waals surface area contributed by atoms with E-state index in [1.54, 1.807) is 7.11 Å². The Morgan fingerprint density at radius 3 is 2.35 bits per heavy atom. The van der Waals surface area contributed by atoms with Crippen molar-refractivity contribution >= 4 is 30.9 Å². The van der Waals surface area contributed by atoms with Crippen molar-refractivity contribution in [3.05, 3.63) is 48.1 Å². The molecule has 34 heavy (non-hydrogen) atoms. The Balaban J connectivity index is 2.54. The Labute approximate surface area is 224 Å². The molecule has 0 N–H and O–H groups in total. The Morgan fingerprint density at radius 2 is 1.76 bits per heavy atom. The van der Waals surface area contributed by atoms with Crippen LogP contribution in [-0.2, 0) is 18.6 Å². The van der Waals surface area contributed by atoms with Gasteiger partial charge in [-0.25, -0.2) is 0 Å². The van der Waals surface area contributed by atoms with E-state index in [-0.39, 0.29) is 23.4 Å². The van der Waals surface area contributed by atoms with E-state index < -0.39 is 14.1 Å². The van der Waals surface area contributed by atoms with Gasteiger partial charge in [0.1, 0.15) is 0 Å². The maximum atomic E-state index is 6.27. The van der Waals surface area contributed by atoms with E-state index in [0.717, 1.165) is 23.9 Å². The number of hydrogen-bond acceptors (Lipinski definition) is 4. The minimum atomic E-state index is -1.71. The molecule has 196 valence electrons. The molecule has 6 heteroatoms. The first-order valence-corrected chi connectivity index (χ1v) is 16.9. The number of rotatable bonds is 12.